The summed E-state index contributed by atoms with van der Waals surface area (Å²) in [6, 6.07) is 3.79. The van der Waals surface area contributed by atoms with Crippen molar-refractivity contribution in [2.75, 3.05) is 19.6 Å². The predicted molar refractivity (Wildman–Crippen MR) is 159 cm³/mol. The van der Waals surface area contributed by atoms with Crippen LogP contribution >= 0.6 is 0 Å². The van der Waals surface area contributed by atoms with E-state index < -0.39 is 47.9 Å². The summed E-state index contributed by atoms with van der Waals surface area (Å²) in [6.07, 6.45) is 4.96. The molecule has 1 aliphatic rings. The van der Waals surface area contributed by atoms with Gasteiger partial charge in [0.25, 0.3) is 0 Å². The molecule has 4 atom stereocenters. The van der Waals surface area contributed by atoms with Crippen molar-refractivity contribution in [3.8, 4) is 0 Å². The fourth-order valence-electron chi connectivity index (χ4n) is 5.19. The smallest absolute Gasteiger partial charge is 0.326 e. The number of para-hydroxylation sites is 1. The van der Waals surface area contributed by atoms with Crippen LogP contribution in [0.1, 0.15) is 50.5 Å². The number of benzene rings is 1. The number of guanidine groups is 1. The van der Waals surface area contributed by atoms with Gasteiger partial charge >= 0.3 is 5.97 Å². The molecule has 0 aliphatic carbocycles. The fraction of sp³-hybridized carbons (Fsp3) is 0.536. The summed E-state index contributed by atoms with van der Waals surface area (Å²) in [7, 11) is 0. The molecule has 42 heavy (non-hydrogen) atoms. The van der Waals surface area contributed by atoms with E-state index in [9.17, 15) is 24.3 Å². The zero-order valence-corrected chi connectivity index (χ0v) is 23.8. The first-order valence-electron chi connectivity index (χ1n) is 14.3. The highest BCUT2D eigenvalue weighted by atomic mass is 16.4. The molecule has 0 bridgehead atoms. The maximum Gasteiger partial charge on any atom is 0.326 e. The van der Waals surface area contributed by atoms with Crippen LogP contribution in [0.2, 0.25) is 0 Å². The quantitative estimate of drug-likeness (QED) is 0.0701. The number of aromatic nitrogens is 1. The number of nitrogens with one attached hydrogen (secondary N) is 3. The van der Waals surface area contributed by atoms with Crippen LogP contribution in [0.5, 0.6) is 0 Å². The lowest BCUT2D eigenvalue weighted by Gasteiger charge is -2.29. The highest BCUT2D eigenvalue weighted by Gasteiger charge is 2.38. The predicted octanol–water partition coefficient (Wildman–Crippen LogP) is -0.734. The highest BCUT2D eigenvalue weighted by molar-refractivity contribution is 5.94. The molecule has 1 aromatic heterocycles. The molecule has 1 aliphatic heterocycles. The third-order valence-corrected chi connectivity index (χ3v) is 7.41. The average molecular weight is 586 g/mol. The Hall–Kier alpha value is -4.17. The third kappa shape index (κ3) is 8.91. The molecule has 0 spiro atoms. The lowest BCUT2D eigenvalue weighted by atomic mass is 10.0. The number of aromatic amines is 1. The van der Waals surface area contributed by atoms with Crippen LogP contribution in [0.4, 0.5) is 0 Å². The van der Waals surface area contributed by atoms with Gasteiger partial charge in [-0.05, 0) is 69.5 Å². The van der Waals surface area contributed by atoms with E-state index >= 15 is 0 Å². The number of carbonyl (C=O) groups is 4. The fourth-order valence-corrected chi connectivity index (χ4v) is 5.19. The Labute approximate surface area is 244 Å². The van der Waals surface area contributed by atoms with Gasteiger partial charge in [0.05, 0.1) is 6.04 Å². The number of hydrogen-bond acceptors (Lipinski definition) is 7. The van der Waals surface area contributed by atoms with E-state index in [0.29, 0.717) is 38.6 Å². The van der Waals surface area contributed by atoms with Crippen molar-refractivity contribution >= 4 is 40.6 Å². The Balaban J connectivity index is 1.72. The summed E-state index contributed by atoms with van der Waals surface area (Å²) in [5, 5.41) is 16.1. The molecule has 2 aromatic rings. The molecule has 3 amide bonds. The molecule has 14 nitrogen and oxygen atoms in total. The Kier molecular flexibility index (Phi) is 12.1. The van der Waals surface area contributed by atoms with Crippen molar-refractivity contribution in [2.24, 2.45) is 27.9 Å². The molecule has 3 rings (SSSR count). The number of unbranched alkanes of at least 4 members (excludes halogenated alkanes) is 1. The van der Waals surface area contributed by atoms with Crippen LogP contribution in [0.3, 0.4) is 0 Å². The molecular formula is C28H43N9O5. The number of nitrogens with zero attached hydrogens (tertiary/aromatic N) is 2. The van der Waals surface area contributed by atoms with Crippen LogP contribution in [-0.2, 0) is 25.6 Å². The first-order chi connectivity index (χ1) is 20.1. The standard InChI is InChI=1S/C28H43N9O5/c29-12-4-3-9-21(35-24(38)19(30)15-17-16-34-20-8-2-1-7-18(17)20)25(39)36-22(10-5-13-33-28(31)32)26(40)37-14-6-11-23(37)27(41)42/h1-2,7-8,16,19,21-23,34H,3-6,9-15,29-30H2,(H,35,38)(H,36,39)(H,41,42)(H4,31,32,33). The molecule has 4 unspecified atom stereocenters. The van der Waals surface area contributed by atoms with Gasteiger partial charge in [-0.3, -0.25) is 19.4 Å². The number of carboxylic acids is 1. The van der Waals surface area contributed by atoms with Crippen molar-refractivity contribution in [3.05, 3.63) is 36.0 Å². The second-order valence-electron chi connectivity index (χ2n) is 10.6. The van der Waals surface area contributed by atoms with Crippen LogP contribution in [0.15, 0.2) is 35.5 Å². The summed E-state index contributed by atoms with van der Waals surface area (Å²) in [5.41, 5.74) is 24.5. The summed E-state index contributed by atoms with van der Waals surface area (Å²) >= 11 is 0. The molecular weight excluding hydrogens is 542 g/mol. The van der Waals surface area contributed by atoms with Gasteiger partial charge < -0.3 is 48.6 Å². The minimum absolute atomic E-state index is 0.0981. The molecule has 2 heterocycles. The zero-order valence-electron chi connectivity index (χ0n) is 23.8. The molecule has 0 saturated carbocycles. The first kappa shape index (κ1) is 32.3. The zero-order chi connectivity index (χ0) is 30.6. The van der Waals surface area contributed by atoms with Gasteiger partial charge in [0.2, 0.25) is 17.7 Å². The molecule has 1 aromatic carbocycles. The maximum atomic E-state index is 13.5. The third-order valence-electron chi connectivity index (χ3n) is 7.41. The van der Waals surface area contributed by atoms with Gasteiger partial charge in [-0.25, -0.2) is 4.79 Å². The second-order valence-corrected chi connectivity index (χ2v) is 10.6. The van der Waals surface area contributed by atoms with E-state index in [0.717, 1.165) is 16.5 Å². The van der Waals surface area contributed by atoms with Crippen LogP contribution < -0.4 is 33.6 Å². The minimum atomic E-state index is -1.09. The Bertz CT molecular complexity index is 1260. The minimum Gasteiger partial charge on any atom is -0.480 e. The molecule has 1 saturated heterocycles. The number of hydrogen-bond donors (Lipinski definition) is 8. The Morgan fingerprint density at radius 3 is 2.48 bits per heavy atom. The van der Waals surface area contributed by atoms with Crippen molar-refractivity contribution in [1.82, 2.24) is 20.5 Å². The van der Waals surface area contributed by atoms with E-state index in [4.69, 9.17) is 22.9 Å². The number of amides is 3. The summed E-state index contributed by atoms with van der Waals surface area (Å²) in [6.45, 7) is 0.916. The maximum absolute atomic E-state index is 13.5. The van der Waals surface area contributed by atoms with Crippen LogP contribution in [0.25, 0.3) is 10.9 Å². The van der Waals surface area contributed by atoms with Crippen molar-refractivity contribution < 1.29 is 24.3 Å². The lowest BCUT2D eigenvalue weighted by Crippen LogP contribution is -2.57. The number of carboxylic acid groups (broad SMARTS) is 1. The number of aliphatic carboxylic acids is 1. The lowest BCUT2D eigenvalue weighted by molar-refractivity contribution is -0.149. The first-order valence-corrected chi connectivity index (χ1v) is 14.3. The summed E-state index contributed by atoms with van der Waals surface area (Å²) in [4.78, 5) is 60.2. The van der Waals surface area contributed by atoms with Gasteiger partial charge in [0, 0.05) is 30.2 Å². The van der Waals surface area contributed by atoms with E-state index in [1.807, 2.05) is 30.5 Å². The van der Waals surface area contributed by atoms with Crippen LogP contribution in [0, 0.1) is 0 Å². The van der Waals surface area contributed by atoms with Crippen molar-refractivity contribution in [2.45, 2.75) is 75.5 Å². The SMILES string of the molecule is NCCCCC(NC(=O)C(N)Cc1c[nH]c2ccccc12)C(=O)NC(CCCN=C(N)N)C(=O)N1CCCC1C(=O)O. The molecule has 0 radical (unpaired) electrons. The van der Waals surface area contributed by atoms with Crippen molar-refractivity contribution in [1.29, 1.82) is 0 Å². The summed E-state index contributed by atoms with van der Waals surface area (Å²) in [5.74, 6) is -2.76. The number of fused-ring (bicyclic) bond motifs is 1. The molecule has 230 valence electrons. The van der Waals surface area contributed by atoms with E-state index in [1.165, 1.54) is 4.90 Å². The summed E-state index contributed by atoms with van der Waals surface area (Å²) < 4.78 is 0. The monoisotopic (exact) mass is 585 g/mol. The normalized spacial score (nSPS) is 16.9. The second kappa shape index (κ2) is 15.7. The van der Waals surface area contributed by atoms with Gasteiger partial charge in [0.1, 0.15) is 18.1 Å². The Morgan fingerprint density at radius 1 is 1.05 bits per heavy atom. The van der Waals surface area contributed by atoms with E-state index in [-0.39, 0.29) is 38.3 Å². The number of carbonyl (C=O) groups excluding carboxylic acids is 3. The van der Waals surface area contributed by atoms with E-state index in [1.54, 1.807) is 0 Å². The number of rotatable bonds is 16. The number of nitrogens with two attached hydrogens (primary N) is 4. The van der Waals surface area contributed by atoms with E-state index in [2.05, 4.69) is 20.6 Å². The highest BCUT2D eigenvalue weighted by Crippen LogP contribution is 2.21. The molecule has 1 fully saturated rings. The molecule has 12 N–H and O–H groups in total. The number of aliphatic imine (C=N–C) groups is 1. The van der Waals surface area contributed by atoms with Gasteiger partial charge in [-0.1, -0.05) is 18.2 Å². The molecule has 14 heteroatoms. The van der Waals surface area contributed by atoms with Gasteiger partial charge in [-0.2, -0.15) is 0 Å². The van der Waals surface area contributed by atoms with Crippen LogP contribution in [-0.4, -0.2) is 88.4 Å². The number of H-pyrrole nitrogens is 1. The van der Waals surface area contributed by atoms with Gasteiger partial charge in [0.15, 0.2) is 5.96 Å². The Morgan fingerprint density at radius 2 is 1.76 bits per heavy atom. The largest absolute Gasteiger partial charge is 0.480 e. The number of likely N-dealkylation sites (tertiary alicyclic amines) is 1. The topological polar surface area (TPSA) is 248 Å². The van der Waals surface area contributed by atoms with Crippen molar-refractivity contribution in [3.63, 3.8) is 0 Å². The van der Waals surface area contributed by atoms with Gasteiger partial charge in [-0.15, -0.1) is 0 Å². The average Bonchev–Trinajstić information content (AvgIpc) is 3.61.